The summed E-state index contributed by atoms with van der Waals surface area (Å²) in [4.78, 5) is 38.6. The number of aromatic nitrogens is 1. The number of para-hydroxylation sites is 1. The van der Waals surface area contributed by atoms with E-state index in [-0.39, 0.29) is 11.3 Å². The summed E-state index contributed by atoms with van der Waals surface area (Å²) in [5, 5.41) is 0.383. The normalized spacial score (nSPS) is 23.9. The zero-order chi connectivity index (χ0) is 19.3. The third kappa shape index (κ3) is 1.72. The van der Waals surface area contributed by atoms with Gasteiger partial charge in [0, 0.05) is 26.7 Å². The second-order valence-electron chi connectivity index (χ2n) is 5.88. The SMILES string of the molecule is COC(=O)C1(OC)c2c(n(C)c3ccccc3c2=O)C1(OC)C(=O)OC. The van der Waals surface area contributed by atoms with E-state index in [9.17, 15) is 14.4 Å². The standard InChI is InChI=1S/C18H19NO7/c1-19-11-9-7-6-8-10(11)13(20)12-14(19)18(26-5,16(22)24-3)17(12,25-4)15(21)23-2/h6-9H,1-5H3. The number of carbonyl (C=O) groups is 2. The van der Waals surface area contributed by atoms with Crippen LogP contribution in [0.2, 0.25) is 0 Å². The van der Waals surface area contributed by atoms with Gasteiger partial charge in [-0.05, 0) is 12.1 Å². The Morgan fingerprint density at radius 1 is 0.923 bits per heavy atom. The van der Waals surface area contributed by atoms with E-state index in [0.29, 0.717) is 10.9 Å². The summed E-state index contributed by atoms with van der Waals surface area (Å²) >= 11 is 0. The van der Waals surface area contributed by atoms with Gasteiger partial charge < -0.3 is 23.5 Å². The van der Waals surface area contributed by atoms with Crippen molar-refractivity contribution in [3.05, 3.63) is 45.7 Å². The predicted octanol–water partition coefficient (Wildman–Crippen LogP) is 0.581. The molecule has 1 aromatic carbocycles. The lowest BCUT2D eigenvalue weighted by Gasteiger charge is -2.53. The Morgan fingerprint density at radius 3 is 2.00 bits per heavy atom. The second kappa shape index (κ2) is 5.93. The van der Waals surface area contributed by atoms with Crippen LogP contribution in [0.1, 0.15) is 11.3 Å². The average Bonchev–Trinajstić information content (AvgIpc) is 2.66. The first-order chi connectivity index (χ1) is 12.4. The van der Waals surface area contributed by atoms with Crippen LogP contribution in [-0.2, 0) is 46.8 Å². The summed E-state index contributed by atoms with van der Waals surface area (Å²) in [5.41, 5.74) is -3.70. The Morgan fingerprint density at radius 2 is 1.46 bits per heavy atom. The lowest BCUT2D eigenvalue weighted by Crippen LogP contribution is -2.72. The number of carbonyl (C=O) groups excluding carboxylic acids is 2. The van der Waals surface area contributed by atoms with Gasteiger partial charge in [-0.25, -0.2) is 9.59 Å². The van der Waals surface area contributed by atoms with Crippen molar-refractivity contribution in [3.63, 3.8) is 0 Å². The molecule has 0 saturated carbocycles. The van der Waals surface area contributed by atoms with Crippen LogP contribution < -0.4 is 5.43 Å². The number of benzene rings is 1. The lowest BCUT2D eigenvalue weighted by molar-refractivity contribution is -0.247. The van der Waals surface area contributed by atoms with Crippen molar-refractivity contribution >= 4 is 22.8 Å². The molecule has 1 aromatic heterocycles. The van der Waals surface area contributed by atoms with Crippen LogP contribution >= 0.6 is 0 Å². The Labute approximate surface area is 149 Å². The average molecular weight is 361 g/mol. The fraction of sp³-hybridized carbons (Fsp3) is 0.389. The number of aryl methyl sites for hydroxylation is 1. The predicted molar refractivity (Wildman–Crippen MR) is 90.6 cm³/mol. The smallest absolute Gasteiger partial charge is 0.348 e. The fourth-order valence-corrected chi connectivity index (χ4v) is 3.93. The van der Waals surface area contributed by atoms with E-state index >= 15 is 0 Å². The summed E-state index contributed by atoms with van der Waals surface area (Å²) in [7, 11) is 6.44. The molecule has 0 fully saturated rings. The maximum atomic E-state index is 13.2. The number of methoxy groups -OCH3 is 4. The van der Waals surface area contributed by atoms with Gasteiger partial charge in [0.1, 0.15) is 0 Å². The summed E-state index contributed by atoms with van der Waals surface area (Å²) in [6.45, 7) is 0. The highest BCUT2D eigenvalue weighted by Gasteiger charge is 2.78. The highest BCUT2D eigenvalue weighted by atomic mass is 16.6. The summed E-state index contributed by atoms with van der Waals surface area (Å²) < 4.78 is 22.4. The molecule has 8 heteroatoms. The van der Waals surface area contributed by atoms with Crippen LogP contribution in [0.15, 0.2) is 29.1 Å². The van der Waals surface area contributed by atoms with Gasteiger partial charge in [0.25, 0.3) is 0 Å². The molecular formula is C18H19NO7. The highest BCUT2D eigenvalue weighted by molar-refractivity contribution is 6.01. The molecule has 2 atom stereocenters. The largest absolute Gasteiger partial charge is 0.467 e. The molecule has 8 nitrogen and oxygen atoms in total. The van der Waals surface area contributed by atoms with E-state index in [1.165, 1.54) is 14.2 Å². The number of pyridine rings is 1. The number of hydrogen-bond acceptors (Lipinski definition) is 7. The number of hydrogen-bond donors (Lipinski definition) is 0. The summed E-state index contributed by atoms with van der Waals surface area (Å²) in [6.07, 6.45) is 0. The molecule has 0 saturated heterocycles. The van der Waals surface area contributed by atoms with Crippen LogP contribution in [0.4, 0.5) is 0 Å². The van der Waals surface area contributed by atoms with E-state index < -0.39 is 28.6 Å². The molecule has 0 amide bonds. The Hall–Kier alpha value is -2.71. The lowest BCUT2D eigenvalue weighted by atomic mass is 9.61. The van der Waals surface area contributed by atoms with Crippen molar-refractivity contribution in [1.82, 2.24) is 4.57 Å². The Bertz CT molecular complexity index is 979. The zero-order valence-electron chi connectivity index (χ0n) is 15.1. The topological polar surface area (TPSA) is 93.1 Å². The van der Waals surface area contributed by atoms with Gasteiger partial charge in [-0.2, -0.15) is 0 Å². The van der Waals surface area contributed by atoms with Crippen LogP contribution in [0.3, 0.4) is 0 Å². The third-order valence-corrected chi connectivity index (χ3v) is 5.05. The van der Waals surface area contributed by atoms with E-state index in [0.717, 1.165) is 14.2 Å². The zero-order valence-corrected chi connectivity index (χ0v) is 15.1. The maximum absolute atomic E-state index is 13.2. The first kappa shape index (κ1) is 18.1. The molecule has 0 radical (unpaired) electrons. The molecule has 1 heterocycles. The van der Waals surface area contributed by atoms with Crippen LogP contribution in [0, 0.1) is 0 Å². The molecular weight excluding hydrogens is 342 g/mol. The Kier molecular flexibility index (Phi) is 4.12. The Balaban J connectivity index is 2.57. The van der Waals surface area contributed by atoms with E-state index in [4.69, 9.17) is 18.9 Å². The van der Waals surface area contributed by atoms with Crippen LogP contribution in [-0.4, -0.2) is 44.9 Å². The minimum absolute atomic E-state index is 0.000278. The van der Waals surface area contributed by atoms with E-state index in [2.05, 4.69) is 0 Å². The molecule has 26 heavy (non-hydrogen) atoms. The van der Waals surface area contributed by atoms with Crippen molar-refractivity contribution in [2.45, 2.75) is 11.2 Å². The molecule has 1 aliphatic carbocycles. The molecule has 2 aromatic rings. The van der Waals surface area contributed by atoms with Gasteiger partial charge in [0.2, 0.25) is 11.2 Å². The molecule has 0 aliphatic heterocycles. The molecule has 1 aliphatic rings. The minimum Gasteiger partial charge on any atom is -0.467 e. The molecule has 2 unspecified atom stereocenters. The monoisotopic (exact) mass is 361 g/mol. The first-order valence-electron chi connectivity index (χ1n) is 7.78. The minimum atomic E-state index is -2.07. The number of esters is 2. The molecule has 138 valence electrons. The van der Waals surface area contributed by atoms with Crippen molar-refractivity contribution in [2.24, 2.45) is 7.05 Å². The molecule has 3 rings (SSSR count). The van der Waals surface area contributed by atoms with Crippen molar-refractivity contribution in [3.8, 4) is 0 Å². The number of rotatable bonds is 4. The third-order valence-electron chi connectivity index (χ3n) is 5.05. The van der Waals surface area contributed by atoms with Gasteiger partial charge >= 0.3 is 11.9 Å². The first-order valence-corrected chi connectivity index (χ1v) is 7.78. The van der Waals surface area contributed by atoms with Crippen LogP contribution in [0.25, 0.3) is 10.9 Å². The van der Waals surface area contributed by atoms with E-state index in [1.54, 1.807) is 35.9 Å². The quantitative estimate of drug-likeness (QED) is 0.736. The number of nitrogens with zero attached hydrogens (tertiary/aromatic N) is 1. The number of ether oxygens (including phenoxy) is 4. The molecule has 0 bridgehead atoms. The van der Waals surface area contributed by atoms with Gasteiger partial charge in [0.05, 0.1) is 31.0 Å². The maximum Gasteiger partial charge on any atom is 0.348 e. The molecule has 0 spiro atoms. The second-order valence-corrected chi connectivity index (χ2v) is 5.88. The van der Waals surface area contributed by atoms with Crippen molar-refractivity contribution < 1.29 is 28.5 Å². The van der Waals surface area contributed by atoms with Crippen molar-refractivity contribution in [2.75, 3.05) is 28.4 Å². The fourth-order valence-electron chi connectivity index (χ4n) is 3.93. The molecule has 0 N–H and O–H groups in total. The van der Waals surface area contributed by atoms with Gasteiger partial charge in [0.15, 0.2) is 5.43 Å². The summed E-state index contributed by atoms with van der Waals surface area (Å²) in [6, 6.07) is 6.86. The van der Waals surface area contributed by atoms with E-state index in [1.807, 2.05) is 0 Å². The van der Waals surface area contributed by atoms with Gasteiger partial charge in [-0.1, -0.05) is 12.1 Å². The number of fused-ring (bicyclic) bond motifs is 2. The summed E-state index contributed by atoms with van der Waals surface area (Å²) in [5.74, 6) is -1.79. The van der Waals surface area contributed by atoms with Crippen molar-refractivity contribution in [1.29, 1.82) is 0 Å². The van der Waals surface area contributed by atoms with Gasteiger partial charge in [-0.15, -0.1) is 0 Å². The highest BCUT2D eigenvalue weighted by Crippen LogP contribution is 2.57. The van der Waals surface area contributed by atoms with Crippen LogP contribution in [0.5, 0.6) is 0 Å². The van der Waals surface area contributed by atoms with Gasteiger partial charge in [-0.3, -0.25) is 4.79 Å².